The van der Waals surface area contributed by atoms with Crippen molar-refractivity contribution in [2.75, 3.05) is 41.4 Å². The Labute approximate surface area is 198 Å². The van der Waals surface area contributed by atoms with Crippen LogP contribution in [0.2, 0.25) is 0 Å². The highest BCUT2D eigenvalue weighted by molar-refractivity contribution is 6.04. The molecule has 2 aliphatic heterocycles. The molecule has 0 aromatic carbocycles. The molecule has 1 saturated heterocycles. The fourth-order valence-electron chi connectivity index (χ4n) is 3.99. The second kappa shape index (κ2) is 10.00. The van der Waals surface area contributed by atoms with Gasteiger partial charge >= 0.3 is 12.2 Å². The van der Waals surface area contributed by atoms with Crippen LogP contribution in [-0.2, 0) is 6.42 Å². The van der Waals surface area contributed by atoms with Gasteiger partial charge in [-0.15, -0.1) is 0 Å². The number of amides is 3. The highest BCUT2D eigenvalue weighted by Gasteiger charge is 2.40. The second-order valence-corrected chi connectivity index (χ2v) is 8.29. The van der Waals surface area contributed by atoms with Crippen LogP contribution >= 0.6 is 0 Å². The summed E-state index contributed by atoms with van der Waals surface area (Å²) in [4.78, 5) is 41.4. The van der Waals surface area contributed by atoms with Gasteiger partial charge in [-0.25, -0.2) is 14.8 Å². The van der Waals surface area contributed by atoms with E-state index in [-0.39, 0.29) is 30.0 Å². The Bertz CT molecular complexity index is 1080. The zero-order valence-corrected chi connectivity index (χ0v) is 18.5. The molecule has 0 aliphatic carbocycles. The van der Waals surface area contributed by atoms with Gasteiger partial charge in [0.2, 0.25) is 0 Å². The molecule has 2 bridgehead atoms. The van der Waals surface area contributed by atoms with Crippen molar-refractivity contribution < 1.29 is 33.0 Å². The van der Waals surface area contributed by atoms with Crippen molar-refractivity contribution in [1.82, 2.24) is 20.3 Å². The first kappa shape index (κ1) is 24.6. The van der Waals surface area contributed by atoms with Crippen LogP contribution in [-0.4, -0.2) is 81.7 Å². The Balaban J connectivity index is 1.50. The van der Waals surface area contributed by atoms with Crippen molar-refractivity contribution in [3.05, 3.63) is 35.9 Å². The van der Waals surface area contributed by atoms with E-state index in [2.05, 4.69) is 20.3 Å². The number of urea groups is 1. The van der Waals surface area contributed by atoms with E-state index in [0.29, 0.717) is 43.7 Å². The van der Waals surface area contributed by atoms with Crippen LogP contribution in [0.5, 0.6) is 0 Å². The fraction of sp³-hybridized carbons (Fsp3) is 0.476. The van der Waals surface area contributed by atoms with Gasteiger partial charge in [-0.1, -0.05) is 0 Å². The van der Waals surface area contributed by atoms with Crippen LogP contribution in [0.25, 0.3) is 0 Å². The maximum absolute atomic E-state index is 13.2. The summed E-state index contributed by atoms with van der Waals surface area (Å²) in [5.74, 6) is -0.646. The van der Waals surface area contributed by atoms with Crippen LogP contribution in [0.1, 0.15) is 29.0 Å². The normalized spacial score (nSPS) is 17.7. The topological polar surface area (TPSA) is 144 Å². The molecule has 4 rings (SSSR count). The predicted octanol–water partition coefficient (Wildman–Crippen LogP) is 1.08. The van der Waals surface area contributed by atoms with Crippen LogP contribution < -0.4 is 20.4 Å². The van der Waals surface area contributed by atoms with Gasteiger partial charge in [0.25, 0.3) is 5.91 Å². The number of pyridine rings is 1. The number of anilines is 3. The standard InChI is InChI=1S/C21H24F3N7O4/c22-21(23,24)11-27-19(34)15-3-4-16-18(28-15)31(13-5-6-30(16)9-13)20(35)29-17-8-25-12(7-26-17)1-2-14(33)10-32/h3-4,7-8,13-14,32-33H,1-2,5-6,9-11H2,(H,27,34)(H,26,29,35)/t13-,14+/m0/s1. The van der Waals surface area contributed by atoms with E-state index < -0.39 is 30.8 Å². The Morgan fingerprint density at radius 2 is 2.03 bits per heavy atom. The van der Waals surface area contributed by atoms with Gasteiger partial charge in [-0.2, -0.15) is 13.2 Å². The van der Waals surface area contributed by atoms with E-state index in [4.69, 9.17) is 5.11 Å². The molecule has 2 aromatic rings. The third-order valence-electron chi connectivity index (χ3n) is 5.74. The number of halogens is 3. The number of aromatic nitrogens is 3. The summed E-state index contributed by atoms with van der Waals surface area (Å²) >= 11 is 0. The molecule has 0 unspecified atom stereocenters. The first-order valence-electron chi connectivity index (χ1n) is 11.0. The average Bonchev–Trinajstić information content (AvgIpc) is 3.25. The SMILES string of the molecule is O=C(NCC(F)(F)F)c1ccc2c(n1)N(C(=O)Nc1cnc(CC[C@@H](O)CO)cn1)[C@H]1CCN2C1. The molecule has 11 nitrogen and oxygen atoms in total. The lowest BCUT2D eigenvalue weighted by molar-refractivity contribution is -0.123. The summed E-state index contributed by atoms with van der Waals surface area (Å²) in [6.07, 6.45) is -1.25. The van der Waals surface area contributed by atoms with Crippen molar-refractivity contribution in [2.45, 2.75) is 37.6 Å². The number of alkyl halides is 3. The summed E-state index contributed by atoms with van der Waals surface area (Å²) in [7, 11) is 0. The second-order valence-electron chi connectivity index (χ2n) is 8.29. The Morgan fingerprint density at radius 3 is 2.71 bits per heavy atom. The number of aryl methyl sites for hydroxylation is 1. The molecular weight excluding hydrogens is 471 g/mol. The number of hydrogen-bond donors (Lipinski definition) is 4. The van der Waals surface area contributed by atoms with Gasteiger partial charge in [0.1, 0.15) is 12.2 Å². The van der Waals surface area contributed by atoms with Crippen molar-refractivity contribution in [3.8, 4) is 0 Å². The Hall–Kier alpha value is -3.52. The monoisotopic (exact) mass is 495 g/mol. The van der Waals surface area contributed by atoms with Crippen LogP contribution in [0.3, 0.4) is 0 Å². The van der Waals surface area contributed by atoms with Gasteiger partial charge in [-0.05, 0) is 31.4 Å². The summed E-state index contributed by atoms with van der Waals surface area (Å²) in [6, 6.07) is 2.10. The number of carbonyl (C=O) groups excluding carboxylic acids is 2. The molecule has 14 heteroatoms. The number of fused-ring (bicyclic) bond motifs is 4. The molecule has 2 atom stereocenters. The van der Waals surface area contributed by atoms with E-state index in [1.807, 2.05) is 4.90 Å². The van der Waals surface area contributed by atoms with E-state index >= 15 is 0 Å². The molecule has 1 fully saturated rings. The lowest BCUT2D eigenvalue weighted by Gasteiger charge is -2.35. The van der Waals surface area contributed by atoms with Crippen molar-refractivity contribution in [2.24, 2.45) is 0 Å². The molecule has 0 spiro atoms. The van der Waals surface area contributed by atoms with Crippen molar-refractivity contribution in [3.63, 3.8) is 0 Å². The van der Waals surface area contributed by atoms with Gasteiger partial charge in [0, 0.05) is 13.1 Å². The summed E-state index contributed by atoms with van der Waals surface area (Å²) in [5, 5.41) is 22.8. The maximum atomic E-state index is 13.2. The molecule has 2 aromatic heterocycles. The minimum atomic E-state index is -4.56. The maximum Gasteiger partial charge on any atom is 0.405 e. The van der Waals surface area contributed by atoms with E-state index in [1.54, 1.807) is 11.4 Å². The number of rotatable bonds is 7. The molecule has 35 heavy (non-hydrogen) atoms. The Morgan fingerprint density at radius 1 is 1.23 bits per heavy atom. The highest BCUT2D eigenvalue weighted by atomic mass is 19.4. The minimum Gasteiger partial charge on any atom is -0.394 e. The largest absolute Gasteiger partial charge is 0.405 e. The molecule has 0 radical (unpaired) electrons. The van der Waals surface area contributed by atoms with Gasteiger partial charge < -0.3 is 20.4 Å². The summed E-state index contributed by atoms with van der Waals surface area (Å²) in [6.45, 7) is -0.620. The van der Waals surface area contributed by atoms with Gasteiger partial charge in [0.15, 0.2) is 11.6 Å². The van der Waals surface area contributed by atoms with E-state index in [1.165, 1.54) is 23.4 Å². The molecule has 4 heterocycles. The highest BCUT2D eigenvalue weighted by Crippen LogP contribution is 2.39. The number of hydrogen-bond acceptors (Lipinski definition) is 8. The fourth-order valence-corrected chi connectivity index (χ4v) is 3.99. The zero-order chi connectivity index (χ0) is 25.2. The van der Waals surface area contributed by atoms with Crippen LogP contribution in [0.15, 0.2) is 24.5 Å². The van der Waals surface area contributed by atoms with Gasteiger partial charge in [-0.3, -0.25) is 20.0 Å². The van der Waals surface area contributed by atoms with E-state index in [0.717, 1.165) is 0 Å². The minimum absolute atomic E-state index is 0.169. The number of nitrogens with zero attached hydrogens (tertiary/aromatic N) is 5. The number of carbonyl (C=O) groups is 2. The lowest BCUT2D eigenvalue weighted by atomic mass is 10.1. The molecule has 4 N–H and O–H groups in total. The van der Waals surface area contributed by atoms with E-state index in [9.17, 15) is 27.9 Å². The first-order chi connectivity index (χ1) is 16.6. The smallest absolute Gasteiger partial charge is 0.394 e. The molecular formula is C21H24F3N7O4. The zero-order valence-electron chi connectivity index (χ0n) is 18.5. The molecule has 3 amide bonds. The summed E-state index contributed by atoms with van der Waals surface area (Å²) < 4.78 is 37.4. The predicted molar refractivity (Wildman–Crippen MR) is 118 cm³/mol. The van der Waals surface area contributed by atoms with Crippen LogP contribution in [0.4, 0.5) is 35.3 Å². The molecule has 2 aliphatic rings. The first-order valence-corrected chi connectivity index (χ1v) is 11.0. The Kier molecular flexibility index (Phi) is 7.03. The molecule has 188 valence electrons. The summed E-state index contributed by atoms with van der Waals surface area (Å²) in [5.41, 5.74) is 0.939. The van der Waals surface area contributed by atoms with Crippen molar-refractivity contribution >= 4 is 29.3 Å². The number of nitrogens with one attached hydrogen (secondary N) is 2. The van der Waals surface area contributed by atoms with Gasteiger partial charge in [0.05, 0.1) is 42.5 Å². The van der Waals surface area contributed by atoms with Crippen molar-refractivity contribution in [1.29, 1.82) is 0 Å². The molecule has 0 saturated carbocycles. The quantitative estimate of drug-likeness (QED) is 0.447. The van der Waals surface area contributed by atoms with Crippen LogP contribution in [0, 0.1) is 0 Å². The average molecular weight is 495 g/mol. The lowest BCUT2D eigenvalue weighted by Crippen LogP contribution is -2.48. The number of aliphatic hydroxyl groups is 2. The third-order valence-corrected chi connectivity index (χ3v) is 5.74. The number of aliphatic hydroxyl groups excluding tert-OH is 2. The third kappa shape index (κ3) is 5.77.